The molecule has 0 spiro atoms. The monoisotopic (exact) mass is 445 g/mol. The van der Waals surface area contributed by atoms with Crippen molar-refractivity contribution in [2.75, 3.05) is 5.75 Å². The molecule has 5 aromatic rings. The molecule has 0 unspecified atom stereocenters. The Morgan fingerprint density at radius 3 is 2.72 bits per heavy atom. The van der Waals surface area contributed by atoms with Crippen molar-refractivity contribution in [1.82, 2.24) is 34.7 Å². The second-order valence-corrected chi connectivity index (χ2v) is 8.57. The predicted octanol–water partition coefficient (Wildman–Crippen LogP) is 3.48. The summed E-state index contributed by atoms with van der Waals surface area (Å²) in [5.74, 6) is 0.888. The Bertz CT molecular complexity index is 1400. The summed E-state index contributed by atoms with van der Waals surface area (Å²) in [6.07, 6.45) is 0. The molecule has 1 amide bonds. The lowest BCUT2D eigenvalue weighted by Gasteiger charge is -2.07. The molecule has 0 aliphatic heterocycles. The van der Waals surface area contributed by atoms with Crippen molar-refractivity contribution in [3.63, 3.8) is 0 Å². The average molecular weight is 446 g/mol. The van der Waals surface area contributed by atoms with E-state index in [0.29, 0.717) is 24.0 Å². The van der Waals surface area contributed by atoms with E-state index in [4.69, 9.17) is 0 Å². The Morgan fingerprint density at radius 2 is 1.88 bits per heavy atom. The zero-order valence-electron chi connectivity index (χ0n) is 17.9. The highest BCUT2D eigenvalue weighted by molar-refractivity contribution is 7.99. The number of H-pyrrole nitrogens is 1. The van der Waals surface area contributed by atoms with Crippen LogP contribution in [0.2, 0.25) is 0 Å². The Kier molecular flexibility index (Phi) is 5.40. The van der Waals surface area contributed by atoms with Crippen molar-refractivity contribution in [1.29, 1.82) is 0 Å². The quantitative estimate of drug-likeness (QED) is 0.374. The highest BCUT2D eigenvalue weighted by atomic mass is 32.2. The van der Waals surface area contributed by atoms with Gasteiger partial charge in [-0.1, -0.05) is 54.2 Å². The van der Waals surface area contributed by atoms with E-state index in [1.165, 1.54) is 17.3 Å². The second kappa shape index (κ2) is 8.51. The SMILES string of the molecule is Cc1nn(Cc2ccccc2)c(C)c1CNC(=O)CSc1n[nH]c2nc3ccccc3n12. The number of para-hydroxylation sites is 2. The lowest BCUT2D eigenvalue weighted by atomic mass is 10.2. The van der Waals surface area contributed by atoms with Crippen LogP contribution in [-0.2, 0) is 17.9 Å². The Morgan fingerprint density at radius 1 is 1.09 bits per heavy atom. The Balaban J connectivity index is 1.23. The van der Waals surface area contributed by atoms with Gasteiger partial charge in [0.05, 0.1) is 29.0 Å². The van der Waals surface area contributed by atoms with Crippen LogP contribution in [0.25, 0.3) is 16.8 Å². The van der Waals surface area contributed by atoms with E-state index in [-0.39, 0.29) is 11.7 Å². The van der Waals surface area contributed by atoms with Gasteiger partial charge in [0.2, 0.25) is 11.7 Å². The molecule has 9 heteroatoms. The van der Waals surface area contributed by atoms with Crippen LogP contribution in [-0.4, -0.2) is 41.0 Å². The third-order valence-electron chi connectivity index (χ3n) is 5.50. The van der Waals surface area contributed by atoms with Gasteiger partial charge in [-0.2, -0.15) is 5.10 Å². The van der Waals surface area contributed by atoms with Gasteiger partial charge in [0, 0.05) is 17.8 Å². The first-order chi connectivity index (χ1) is 15.6. The lowest BCUT2D eigenvalue weighted by Crippen LogP contribution is -2.25. The van der Waals surface area contributed by atoms with Gasteiger partial charge in [0.1, 0.15) is 0 Å². The van der Waals surface area contributed by atoms with Gasteiger partial charge in [-0.15, -0.1) is 5.10 Å². The number of carbonyl (C=O) groups is 1. The van der Waals surface area contributed by atoms with Crippen molar-refractivity contribution < 1.29 is 4.79 Å². The maximum Gasteiger partial charge on any atom is 0.231 e. The first-order valence-electron chi connectivity index (χ1n) is 10.4. The van der Waals surface area contributed by atoms with Crippen LogP contribution in [0.5, 0.6) is 0 Å². The second-order valence-electron chi connectivity index (χ2n) is 7.62. The molecule has 162 valence electrons. The third kappa shape index (κ3) is 3.87. The van der Waals surface area contributed by atoms with Crippen LogP contribution in [0.3, 0.4) is 0 Å². The van der Waals surface area contributed by atoms with Gasteiger partial charge in [0.25, 0.3) is 0 Å². The number of rotatable bonds is 7. The molecule has 0 atom stereocenters. The standard InChI is InChI=1S/C23H23N7OS/c1-15-18(16(2)29(28-15)13-17-8-4-3-5-9-17)12-24-21(31)14-32-23-27-26-22-25-19-10-6-7-11-20(19)30(22)23/h3-11H,12-14H2,1-2H3,(H,24,31)(H,25,26). The van der Waals surface area contributed by atoms with Gasteiger partial charge >= 0.3 is 0 Å². The van der Waals surface area contributed by atoms with Gasteiger partial charge < -0.3 is 5.32 Å². The van der Waals surface area contributed by atoms with Crippen LogP contribution in [0.15, 0.2) is 59.8 Å². The third-order valence-corrected chi connectivity index (χ3v) is 6.44. The summed E-state index contributed by atoms with van der Waals surface area (Å²) in [5.41, 5.74) is 6.12. The minimum atomic E-state index is -0.0508. The molecule has 0 aliphatic carbocycles. The zero-order chi connectivity index (χ0) is 22.1. The van der Waals surface area contributed by atoms with Crippen molar-refractivity contribution >= 4 is 34.5 Å². The molecule has 2 aromatic carbocycles. The molecule has 0 fully saturated rings. The number of fused-ring (bicyclic) bond motifs is 3. The maximum absolute atomic E-state index is 12.5. The number of nitrogens with one attached hydrogen (secondary N) is 2. The number of aromatic amines is 1. The number of hydrogen-bond acceptors (Lipinski definition) is 5. The fraction of sp³-hybridized carbons (Fsp3) is 0.217. The van der Waals surface area contributed by atoms with Gasteiger partial charge in [-0.25, -0.2) is 10.1 Å². The van der Waals surface area contributed by atoms with E-state index >= 15 is 0 Å². The van der Waals surface area contributed by atoms with Gasteiger partial charge in [0.15, 0.2) is 5.16 Å². The van der Waals surface area contributed by atoms with Crippen LogP contribution in [0, 0.1) is 13.8 Å². The van der Waals surface area contributed by atoms with E-state index in [1.54, 1.807) is 0 Å². The number of carbonyl (C=O) groups excluding carboxylic acids is 1. The van der Waals surface area contributed by atoms with Crippen molar-refractivity contribution in [3.05, 3.63) is 77.1 Å². The molecular weight excluding hydrogens is 422 g/mol. The number of thioether (sulfide) groups is 1. The van der Waals surface area contributed by atoms with Crippen LogP contribution < -0.4 is 5.32 Å². The number of benzene rings is 2. The summed E-state index contributed by atoms with van der Waals surface area (Å²) in [6, 6.07) is 18.1. The predicted molar refractivity (Wildman–Crippen MR) is 125 cm³/mol. The highest BCUT2D eigenvalue weighted by Gasteiger charge is 2.15. The number of aryl methyl sites for hydroxylation is 1. The topological polar surface area (TPSA) is 92.9 Å². The average Bonchev–Trinajstić information content (AvgIpc) is 3.44. The zero-order valence-corrected chi connectivity index (χ0v) is 18.7. The van der Waals surface area contributed by atoms with E-state index in [9.17, 15) is 4.79 Å². The van der Waals surface area contributed by atoms with Gasteiger partial charge in [-0.3, -0.25) is 13.9 Å². The first-order valence-corrected chi connectivity index (χ1v) is 11.4. The number of imidazole rings is 1. The van der Waals surface area contributed by atoms with Crippen LogP contribution in [0.1, 0.15) is 22.5 Å². The molecule has 8 nitrogen and oxygen atoms in total. The van der Waals surface area contributed by atoms with Crippen LogP contribution in [0.4, 0.5) is 0 Å². The number of amides is 1. The fourth-order valence-electron chi connectivity index (χ4n) is 3.81. The molecule has 0 radical (unpaired) electrons. The molecule has 2 N–H and O–H groups in total. The lowest BCUT2D eigenvalue weighted by molar-refractivity contribution is -0.118. The van der Waals surface area contributed by atoms with E-state index in [1.807, 2.05) is 65.4 Å². The Labute approximate surface area is 189 Å². The molecule has 0 aliphatic rings. The smallest absolute Gasteiger partial charge is 0.231 e. The van der Waals surface area contributed by atoms with Crippen molar-refractivity contribution in [3.8, 4) is 0 Å². The number of nitrogens with zero attached hydrogens (tertiary/aromatic N) is 5. The van der Waals surface area contributed by atoms with Gasteiger partial charge in [-0.05, 0) is 31.5 Å². The maximum atomic E-state index is 12.5. The molecule has 32 heavy (non-hydrogen) atoms. The van der Waals surface area contributed by atoms with E-state index in [0.717, 1.165) is 28.0 Å². The summed E-state index contributed by atoms with van der Waals surface area (Å²) < 4.78 is 3.93. The summed E-state index contributed by atoms with van der Waals surface area (Å²) in [5, 5.41) is 15.6. The van der Waals surface area contributed by atoms with Crippen molar-refractivity contribution in [2.24, 2.45) is 0 Å². The molecule has 0 bridgehead atoms. The minimum absolute atomic E-state index is 0.0508. The molecule has 0 saturated carbocycles. The molecule has 0 saturated heterocycles. The number of aromatic nitrogens is 6. The highest BCUT2D eigenvalue weighted by Crippen LogP contribution is 2.22. The normalized spacial score (nSPS) is 11.4. The Hall–Kier alpha value is -3.59. The van der Waals surface area contributed by atoms with E-state index < -0.39 is 0 Å². The summed E-state index contributed by atoms with van der Waals surface area (Å²) in [4.78, 5) is 17.1. The minimum Gasteiger partial charge on any atom is -0.351 e. The summed E-state index contributed by atoms with van der Waals surface area (Å²) in [6.45, 7) is 5.19. The molecule has 3 heterocycles. The summed E-state index contributed by atoms with van der Waals surface area (Å²) >= 11 is 1.38. The fourth-order valence-corrected chi connectivity index (χ4v) is 4.59. The molecule has 5 rings (SSSR count). The van der Waals surface area contributed by atoms with Crippen LogP contribution >= 0.6 is 11.8 Å². The molecular formula is C23H23N7OS. The van der Waals surface area contributed by atoms with Crippen molar-refractivity contribution in [2.45, 2.75) is 32.1 Å². The summed E-state index contributed by atoms with van der Waals surface area (Å²) in [7, 11) is 0. The van der Waals surface area contributed by atoms with E-state index in [2.05, 4.69) is 37.7 Å². The molecule has 3 aromatic heterocycles. The number of hydrogen-bond donors (Lipinski definition) is 2. The first kappa shape index (κ1) is 20.3. The largest absolute Gasteiger partial charge is 0.351 e.